The first kappa shape index (κ1) is 45.4. The molecule has 0 aliphatic heterocycles. The fourth-order valence-corrected chi connectivity index (χ4v) is 9.85. The molecule has 7 aromatic rings. The first-order valence-electron chi connectivity index (χ1n) is 18.7. The van der Waals surface area contributed by atoms with Crippen molar-refractivity contribution in [3.8, 4) is 0 Å². The van der Waals surface area contributed by atoms with Crippen LogP contribution < -0.4 is 21.9 Å². The summed E-state index contributed by atoms with van der Waals surface area (Å²) < 4.78 is 174. The number of alkyl halides is 12. The summed E-state index contributed by atoms with van der Waals surface area (Å²) in [6, 6.07) is 43.1. The van der Waals surface area contributed by atoms with Crippen LogP contribution in [0.15, 0.2) is 198 Å². The molecule has 0 saturated heterocycles. The number of halogens is 12. The van der Waals surface area contributed by atoms with E-state index in [0.717, 1.165) is 63.9 Å². The zero-order valence-corrected chi connectivity index (χ0v) is 32.9. The van der Waals surface area contributed by atoms with Crippen molar-refractivity contribution >= 4 is 37.9 Å². The topological polar surface area (TPSA) is 17.1 Å². The van der Waals surface area contributed by atoms with Crippen molar-refractivity contribution in [1.29, 1.82) is 0 Å². The normalized spacial score (nSPS) is 12.6. The summed E-state index contributed by atoms with van der Waals surface area (Å²) in [5.74, 6) is 0.530. The third-order valence-electron chi connectivity index (χ3n) is 10.4. The Morgan fingerprint density at radius 3 is 0.774 bits per heavy atom. The second kappa shape index (κ2) is 17.7. The molecule has 0 radical (unpaired) electrons. The van der Waals surface area contributed by atoms with Crippen LogP contribution in [0.2, 0.25) is 0 Å². The summed E-state index contributed by atoms with van der Waals surface area (Å²) in [5.41, 5.74) is -3.20. The van der Waals surface area contributed by atoms with Gasteiger partial charge in [0.05, 0.1) is 22.3 Å². The molecule has 0 atom stereocenters. The van der Waals surface area contributed by atoms with Gasteiger partial charge in [-0.2, -0.15) is 74.5 Å². The third-order valence-corrected chi connectivity index (χ3v) is 13.2. The van der Waals surface area contributed by atoms with Crippen molar-refractivity contribution in [3.05, 3.63) is 216 Å². The van der Waals surface area contributed by atoms with Gasteiger partial charge in [-0.25, -0.2) is 0 Å². The van der Waals surface area contributed by atoms with Crippen LogP contribution in [-0.4, -0.2) is 6.15 Å². The van der Waals surface area contributed by atoms with Gasteiger partial charge in [-0.15, -0.1) is 0 Å². The maximum absolute atomic E-state index is 13.8. The van der Waals surface area contributed by atoms with Crippen molar-refractivity contribution < 1.29 is 56.9 Å². The molecule has 0 aliphatic rings. The predicted octanol–water partition coefficient (Wildman–Crippen LogP) is 11.9. The maximum Gasteiger partial charge on any atom is 0.416 e. The van der Waals surface area contributed by atoms with E-state index in [1.54, 1.807) is 0 Å². The van der Waals surface area contributed by atoms with Crippen LogP contribution in [0.4, 0.5) is 52.7 Å². The van der Waals surface area contributed by atoms with Crippen LogP contribution in [0.25, 0.3) is 0 Å². The molecule has 0 spiro atoms. The van der Waals surface area contributed by atoms with Crippen LogP contribution in [-0.2, 0) is 44.6 Å². The molecule has 0 amide bonds. The van der Waals surface area contributed by atoms with Gasteiger partial charge in [0.2, 0.25) is 0 Å². The average Bonchev–Trinajstić information content (AvgIpc) is 3.25. The Kier molecular flexibility index (Phi) is 13.0. The lowest BCUT2D eigenvalue weighted by molar-refractivity contribution is -0.138. The smallest absolute Gasteiger partial charge is 0.195 e. The molecule has 0 aliphatic carbocycles. The van der Waals surface area contributed by atoms with Crippen LogP contribution in [0, 0.1) is 0 Å². The van der Waals surface area contributed by atoms with Gasteiger partial charge in [0.15, 0.2) is 19.7 Å². The van der Waals surface area contributed by atoms with Crippen LogP contribution in [0.3, 0.4) is 0 Å². The molecule has 0 saturated carbocycles. The van der Waals surface area contributed by atoms with Crippen LogP contribution in [0.1, 0.15) is 27.8 Å². The number of rotatable bonds is 8. The Morgan fingerprint density at radius 1 is 0.323 bits per heavy atom. The SMILES string of the molecule is FC(F)(F)c1ccc([B-](c2ccc(C(F)(F)F)cc2)(c2ccc(C(F)(F)F)cc2)c2ccc(C(F)(F)F)cc2)cc1.O=[S+](Cc1ccccc1)(c1ccccc1)c1ccccc1. The molecule has 320 valence electrons. The van der Waals surface area contributed by atoms with Gasteiger partial charge < -0.3 is 0 Å². The Bertz CT molecular complexity index is 2290. The van der Waals surface area contributed by atoms with E-state index in [1.165, 1.54) is 0 Å². The predicted molar refractivity (Wildman–Crippen MR) is 218 cm³/mol. The molecule has 15 heteroatoms. The Labute approximate surface area is 350 Å². The highest BCUT2D eigenvalue weighted by molar-refractivity contribution is 8.02. The van der Waals surface area contributed by atoms with Crippen LogP contribution in [0.5, 0.6) is 0 Å². The van der Waals surface area contributed by atoms with E-state index in [-0.39, 0.29) is 21.9 Å². The molecule has 0 unspecified atom stereocenters. The molecule has 62 heavy (non-hydrogen) atoms. The van der Waals surface area contributed by atoms with Gasteiger partial charge >= 0.3 is 24.7 Å². The summed E-state index contributed by atoms with van der Waals surface area (Å²) in [4.78, 5) is 1.78. The molecular formula is C47H33BF12OS. The van der Waals surface area contributed by atoms with Crippen LogP contribution >= 0.6 is 0 Å². The van der Waals surface area contributed by atoms with Gasteiger partial charge in [-0.05, 0) is 24.3 Å². The van der Waals surface area contributed by atoms with Crippen molar-refractivity contribution in [2.24, 2.45) is 0 Å². The second-order valence-corrected chi connectivity index (χ2v) is 16.9. The van der Waals surface area contributed by atoms with Gasteiger partial charge in [-0.3, -0.25) is 0 Å². The van der Waals surface area contributed by atoms with Gasteiger partial charge in [0, 0.05) is 5.56 Å². The van der Waals surface area contributed by atoms with E-state index >= 15 is 0 Å². The minimum Gasteiger partial charge on any atom is -0.195 e. The number of benzene rings is 7. The van der Waals surface area contributed by atoms with E-state index in [1.807, 2.05) is 91.0 Å². The Hall–Kier alpha value is -6.09. The van der Waals surface area contributed by atoms with E-state index in [4.69, 9.17) is 0 Å². The van der Waals surface area contributed by atoms with Crippen molar-refractivity contribution in [1.82, 2.24) is 0 Å². The zero-order valence-electron chi connectivity index (χ0n) is 32.0. The summed E-state index contributed by atoms with van der Waals surface area (Å²) in [6.07, 6.45) is -22.0. The highest BCUT2D eigenvalue weighted by Gasteiger charge is 2.39. The average molecular weight is 885 g/mol. The highest BCUT2D eigenvalue weighted by Crippen LogP contribution is 2.34. The van der Waals surface area contributed by atoms with E-state index in [2.05, 4.69) is 0 Å². The molecular weight excluding hydrogens is 851 g/mol. The Balaban J connectivity index is 0.000000254. The van der Waals surface area contributed by atoms with E-state index < -0.39 is 63.0 Å². The molecule has 7 rings (SSSR count). The first-order chi connectivity index (χ1) is 29.1. The molecule has 0 fully saturated rings. The third kappa shape index (κ3) is 9.99. The van der Waals surface area contributed by atoms with Crippen molar-refractivity contribution in [3.63, 3.8) is 0 Å². The number of hydrogen-bond acceptors (Lipinski definition) is 1. The van der Waals surface area contributed by atoms with E-state index in [0.29, 0.717) is 54.3 Å². The summed E-state index contributed by atoms with van der Waals surface area (Å²) in [5, 5.41) is 0. The lowest BCUT2D eigenvalue weighted by Gasteiger charge is -2.44. The number of hydrogen-bond donors (Lipinski definition) is 0. The molecule has 0 bridgehead atoms. The van der Waals surface area contributed by atoms with Gasteiger partial charge in [-0.1, -0.05) is 168 Å². The van der Waals surface area contributed by atoms with E-state index in [9.17, 15) is 56.9 Å². The van der Waals surface area contributed by atoms with Crippen molar-refractivity contribution in [2.45, 2.75) is 40.2 Å². The molecule has 0 N–H and O–H groups in total. The fourth-order valence-electron chi connectivity index (χ4n) is 7.39. The maximum atomic E-state index is 13.8. The molecule has 0 aromatic heterocycles. The minimum absolute atomic E-state index is 0.0114. The van der Waals surface area contributed by atoms with Crippen molar-refractivity contribution in [2.75, 3.05) is 0 Å². The standard InChI is InChI=1S/C28H16BF12.C19H17OS/c30-25(31,32)17-1-9-21(10-2-17)29(22-11-3-18(4-12-22)26(33,34)35,23-13-5-19(6-14-23)27(36,37)38)24-15-7-20(8-16-24)28(39,40)41;20-21(18-12-6-2-7-13-18,19-14-8-3-9-15-19)16-17-10-4-1-5-11-17/h1-16H;1-15H,16H2/q-1;+1. The lowest BCUT2D eigenvalue weighted by atomic mass is 9.13. The van der Waals surface area contributed by atoms with Gasteiger partial charge in [0.1, 0.15) is 11.9 Å². The molecule has 0 heterocycles. The Morgan fingerprint density at radius 2 is 0.548 bits per heavy atom. The summed E-state index contributed by atoms with van der Waals surface area (Å²) >= 11 is 0. The lowest BCUT2D eigenvalue weighted by Crippen LogP contribution is -2.74. The monoisotopic (exact) mass is 884 g/mol. The fraction of sp³-hybridized carbons (Fsp3) is 0.106. The summed E-state index contributed by atoms with van der Waals surface area (Å²) in [7, 11) is -2.30. The second-order valence-electron chi connectivity index (χ2n) is 14.3. The quantitative estimate of drug-likeness (QED) is 0.0844. The zero-order chi connectivity index (χ0) is 45.0. The molecule has 7 aromatic carbocycles. The minimum atomic E-state index is -4.77. The first-order valence-corrected chi connectivity index (χ1v) is 20.4. The van der Waals surface area contributed by atoms with Gasteiger partial charge in [0.25, 0.3) is 0 Å². The largest absolute Gasteiger partial charge is 0.416 e. The molecule has 1 nitrogen and oxygen atoms in total. The summed E-state index contributed by atoms with van der Waals surface area (Å²) in [6.45, 7) is 0. The highest BCUT2D eigenvalue weighted by atomic mass is 32.2.